The molecule has 1 fully saturated rings. The first-order chi connectivity index (χ1) is 16.4. The predicted molar refractivity (Wildman–Crippen MR) is 132 cm³/mol. The summed E-state index contributed by atoms with van der Waals surface area (Å²) in [6, 6.07) is 8.18. The van der Waals surface area contributed by atoms with Crippen molar-refractivity contribution in [1.29, 1.82) is 0 Å². The van der Waals surface area contributed by atoms with Crippen LogP contribution < -0.4 is 20.9 Å². The molecule has 1 aliphatic rings. The Hall–Kier alpha value is -3.53. The summed E-state index contributed by atoms with van der Waals surface area (Å²) in [4.78, 5) is 34.6. The lowest BCUT2D eigenvalue weighted by molar-refractivity contribution is 0.250. The summed E-state index contributed by atoms with van der Waals surface area (Å²) >= 11 is 0. The molecule has 34 heavy (non-hydrogen) atoms. The zero-order valence-electron chi connectivity index (χ0n) is 20.2. The Balaban J connectivity index is 1.28. The van der Waals surface area contributed by atoms with Crippen LogP contribution in [0.25, 0.3) is 16.9 Å². The van der Waals surface area contributed by atoms with Gasteiger partial charge < -0.3 is 14.2 Å². The number of fused-ring (bicyclic) bond motifs is 3. The number of ether oxygens (including phenoxy) is 1. The van der Waals surface area contributed by atoms with Gasteiger partial charge in [0.1, 0.15) is 5.75 Å². The van der Waals surface area contributed by atoms with Crippen LogP contribution in [0.15, 0.2) is 40.1 Å². The van der Waals surface area contributed by atoms with E-state index >= 15 is 0 Å². The molecule has 1 saturated heterocycles. The lowest BCUT2D eigenvalue weighted by Gasteiger charge is -2.36. The number of anilines is 1. The van der Waals surface area contributed by atoms with Crippen LogP contribution in [0, 0.1) is 6.92 Å². The van der Waals surface area contributed by atoms with Crippen molar-refractivity contribution in [2.45, 2.75) is 19.9 Å². The highest BCUT2D eigenvalue weighted by Gasteiger charge is 2.21. The molecule has 1 aromatic carbocycles. The highest BCUT2D eigenvalue weighted by atomic mass is 16.5. The van der Waals surface area contributed by atoms with E-state index < -0.39 is 0 Å². The van der Waals surface area contributed by atoms with E-state index in [1.807, 2.05) is 29.7 Å². The van der Waals surface area contributed by atoms with Crippen LogP contribution in [0.4, 0.5) is 5.69 Å². The molecule has 0 atom stereocenters. The number of hydrogen-bond donors (Lipinski definition) is 0. The molecular weight excluding hydrogens is 434 g/mol. The maximum absolute atomic E-state index is 12.7. The lowest BCUT2D eigenvalue weighted by Crippen LogP contribution is -2.46. The molecule has 10 nitrogen and oxygen atoms in total. The molecule has 0 spiro atoms. The Morgan fingerprint density at radius 2 is 1.74 bits per heavy atom. The van der Waals surface area contributed by atoms with Gasteiger partial charge in [-0.25, -0.2) is 4.79 Å². The topological polar surface area (TPSA) is 81.9 Å². The third kappa shape index (κ3) is 3.58. The van der Waals surface area contributed by atoms with Crippen molar-refractivity contribution in [1.82, 2.24) is 28.0 Å². The third-order valence-electron chi connectivity index (χ3n) is 6.91. The van der Waals surface area contributed by atoms with Gasteiger partial charge in [0, 0.05) is 58.7 Å². The van der Waals surface area contributed by atoms with E-state index in [-0.39, 0.29) is 11.2 Å². The highest BCUT2D eigenvalue weighted by Crippen LogP contribution is 2.28. The number of aryl methyl sites for hydroxylation is 3. The summed E-state index contributed by atoms with van der Waals surface area (Å²) in [7, 11) is 4.87. The molecule has 10 heteroatoms. The van der Waals surface area contributed by atoms with E-state index in [1.165, 1.54) is 11.6 Å². The number of benzene rings is 1. The van der Waals surface area contributed by atoms with Gasteiger partial charge in [0.15, 0.2) is 11.2 Å². The first kappa shape index (κ1) is 22.3. The Labute approximate surface area is 197 Å². The minimum atomic E-state index is -0.367. The molecule has 4 aromatic rings. The molecular formula is C24H31N7O3. The number of rotatable bonds is 6. The monoisotopic (exact) mass is 465 g/mol. The van der Waals surface area contributed by atoms with Crippen LogP contribution >= 0.6 is 0 Å². The summed E-state index contributed by atoms with van der Waals surface area (Å²) in [5, 5.41) is 0. The molecule has 0 radical (unpaired) electrons. The zero-order chi connectivity index (χ0) is 24.0. The van der Waals surface area contributed by atoms with E-state index in [4.69, 9.17) is 4.74 Å². The van der Waals surface area contributed by atoms with Crippen molar-refractivity contribution < 1.29 is 4.74 Å². The Bertz CT molecular complexity index is 1470. The van der Waals surface area contributed by atoms with Crippen LogP contribution in [-0.4, -0.2) is 67.8 Å². The molecule has 0 N–H and O–H groups in total. The first-order valence-corrected chi connectivity index (χ1v) is 11.6. The fraction of sp³-hybridized carbons (Fsp3) is 0.458. The number of piperazine rings is 1. The van der Waals surface area contributed by atoms with Gasteiger partial charge in [0.05, 0.1) is 12.8 Å². The van der Waals surface area contributed by atoms with Gasteiger partial charge in [-0.3, -0.25) is 23.2 Å². The van der Waals surface area contributed by atoms with Crippen molar-refractivity contribution in [3.8, 4) is 5.75 Å². The molecule has 0 unspecified atom stereocenters. The van der Waals surface area contributed by atoms with Crippen molar-refractivity contribution in [2.75, 3.05) is 44.7 Å². The van der Waals surface area contributed by atoms with Crippen molar-refractivity contribution in [3.05, 3.63) is 57.0 Å². The van der Waals surface area contributed by atoms with Gasteiger partial charge in [0.25, 0.3) is 5.56 Å². The van der Waals surface area contributed by atoms with Crippen LogP contribution in [0.3, 0.4) is 0 Å². The summed E-state index contributed by atoms with van der Waals surface area (Å²) in [5.74, 6) is 1.62. The maximum Gasteiger partial charge on any atom is 0.332 e. The minimum Gasteiger partial charge on any atom is -0.495 e. The average Bonchev–Trinajstić information content (AvgIpc) is 3.37. The molecule has 3 aromatic heterocycles. The zero-order valence-corrected chi connectivity index (χ0v) is 20.2. The standard InChI is InChI=1S/C24H31N7O3/c1-17-16-31-20-21(26(2)24(33)27(3)22(20)32)25-23(31)30(17)11-7-10-28-12-14-29(15-13-28)18-8-5-6-9-19(18)34-4/h5-6,8-9,16H,7,10-15H2,1-4H3. The lowest BCUT2D eigenvalue weighted by atomic mass is 10.2. The first-order valence-electron chi connectivity index (χ1n) is 11.6. The SMILES string of the molecule is COc1ccccc1N1CCN(CCCn2c(C)cn3c4c(=O)n(C)c(=O)n(C)c4nc23)CC1. The largest absolute Gasteiger partial charge is 0.495 e. The number of nitrogens with zero attached hydrogens (tertiary/aromatic N) is 7. The van der Waals surface area contributed by atoms with Crippen LogP contribution in [0.5, 0.6) is 5.75 Å². The normalized spacial score (nSPS) is 15.0. The number of imidazole rings is 2. The number of aromatic nitrogens is 5. The van der Waals surface area contributed by atoms with E-state index in [9.17, 15) is 9.59 Å². The molecule has 180 valence electrons. The highest BCUT2D eigenvalue weighted by molar-refractivity contribution is 5.75. The van der Waals surface area contributed by atoms with Crippen molar-refractivity contribution in [2.24, 2.45) is 14.1 Å². The second kappa shape index (κ2) is 8.68. The third-order valence-corrected chi connectivity index (χ3v) is 6.91. The van der Waals surface area contributed by atoms with Gasteiger partial charge in [0.2, 0.25) is 5.78 Å². The summed E-state index contributed by atoms with van der Waals surface area (Å²) < 4.78 is 12.0. The molecule has 4 heterocycles. The Morgan fingerprint density at radius 1 is 1.00 bits per heavy atom. The quantitative estimate of drug-likeness (QED) is 0.426. The molecule has 0 saturated carbocycles. The maximum atomic E-state index is 12.7. The number of methoxy groups -OCH3 is 1. The molecule has 5 rings (SSSR count). The second-order valence-corrected chi connectivity index (χ2v) is 8.94. The molecule has 0 bridgehead atoms. The number of para-hydroxylation sites is 2. The van der Waals surface area contributed by atoms with E-state index in [0.717, 1.165) is 67.4 Å². The van der Waals surface area contributed by atoms with E-state index in [1.54, 1.807) is 14.2 Å². The van der Waals surface area contributed by atoms with Crippen LogP contribution in [0.2, 0.25) is 0 Å². The smallest absolute Gasteiger partial charge is 0.332 e. The van der Waals surface area contributed by atoms with Gasteiger partial charge in [-0.1, -0.05) is 12.1 Å². The summed E-state index contributed by atoms with van der Waals surface area (Å²) in [5.41, 5.74) is 2.37. The van der Waals surface area contributed by atoms with Crippen LogP contribution in [0.1, 0.15) is 12.1 Å². The fourth-order valence-electron chi connectivity index (χ4n) is 4.96. The van der Waals surface area contributed by atoms with Crippen molar-refractivity contribution in [3.63, 3.8) is 0 Å². The van der Waals surface area contributed by atoms with E-state index in [0.29, 0.717) is 16.9 Å². The average molecular weight is 466 g/mol. The minimum absolute atomic E-state index is 0.323. The molecule has 0 aliphatic carbocycles. The Morgan fingerprint density at radius 3 is 2.47 bits per heavy atom. The van der Waals surface area contributed by atoms with Gasteiger partial charge >= 0.3 is 5.69 Å². The number of hydrogen-bond acceptors (Lipinski definition) is 6. The summed E-state index contributed by atoms with van der Waals surface area (Å²) in [6.07, 6.45) is 2.91. The Kier molecular flexibility index (Phi) is 5.68. The molecule has 1 aliphatic heterocycles. The molecule has 0 amide bonds. The van der Waals surface area contributed by atoms with Gasteiger partial charge in [-0.15, -0.1) is 0 Å². The van der Waals surface area contributed by atoms with Gasteiger partial charge in [-0.05, 0) is 32.0 Å². The van der Waals surface area contributed by atoms with Crippen molar-refractivity contribution >= 4 is 22.6 Å². The fourth-order valence-corrected chi connectivity index (χ4v) is 4.96. The second-order valence-electron chi connectivity index (χ2n) is 8.94. The van der Waals surface area contributed by atoms with Crippen LogP contribution in [-0.2, 0) is 20.6 Å². The van der Waals surface area contributed by atoms with Gasteiger partial charge in [-0.2, -0.15) is 4.98 Å². The predicted octanol–water partition coefficient (Wildman–Crippen LogP) is 1.22. The van der Waals surface area contributed by atoms with E-state index in [2.05, 4.69) is 31.5 Å². The summed E-state index contributed by atoms with van der Waals surface area (Å²) in [6.45, 7) is 7.76.